The number of methoxy groups -OCH3 is 1. The maximum absolute atomic E-state index is 13.7. The van der Waals surface area contributed by atoms with Crippen LogP contribution in [-0.4, -0.2) is 36.7 Å². The molecule has 1 aromatic heterocycles. The van der Waals surface area contributed by atoms with E-state index < -0.39 is 0 Å². The third-order valence-electron chi connectivity index (χ3n) is 4.22. The van der Waals surface area contributed by atoms with Crippen LogP contribution in [0.4, 0.5) is 4.39 Å². The van der Waals surface area contributed by atoms with E-state index >= 15 is 0 Å². The standard InChI is InChI=1S/C15H19FN2O/c1-17(2)10-8-11(9-10)18-7-6-12-14(18)5-4-13(16)15(12)19-3/h4-7,10-11H,8-9H2,1-3H3. The molecule has 3 nitrogen and oxygen atoms in total. The molecule has 1 heterocycles. The molecular formula is C15H19FN2O. The van der Waals surface area contributed by atoms with E-state index in [1.165, 1.54) is 13.2 Å². The van der Waals surface area contributed by atoms with Crippen molar-refractivity contribution in [3.63, 3.8) is 0 Å². The van der Waals surface area contributed by atoms with E-state index in [0.29, 0.717) is 17.8 Å². The number of rotatable bonds is 3. The number of benzene rings is 1. The molecule has 0 N–H and O–H groups in total. The van der Waals surface area contributed by atoms with Crippen LogP contribution >= 0.6 is 0 Å². The van der Waals surface area contributed by atoms with Crippen LogP contribution in [0.3, 0.4) is 0 Å². The van der Waals surface area contributed by atoms with E-state index in [-0.39, 0.29) is 5.82 Å². The molecule has 0 aliphatic heterocycles. The zero-order valence-electron chi connectivity index (χ0n) is 11.6. The Morgan fingerprint density at radius 3 is 2.63 bits per heavy atom. The summed E-state index contributed by atoms with van der Waals surface area (Å²) >= 11 is 0. The van der Waals surface area contributed by atoms with E-state index in [1.807, 2.05) is 18.3 Å². The van der Waals surface area contributed by atoms with E-state index in [0.717, 1.165) is 23.7 Å². The van der Waals surface area contributed by atoms with Gasteiger partial charge in [0.2, 0.25) is 0 Å². The number of hydrogen-bond donors (Lipinski definition) is 0. The van der Waals surface area contributed by atoms with Crippen molar-refractivity contribution in [1.29, 1.82) is 0 Å². The first kappa shape index (κ1) is 12.5. The predicted octanol–water partition coefficient (Wildman–Crippen LogP) is 3.05. The first-order valence-electron chi connectivity index (χ1n) is 6.61. The molecule has 0 radical (unpaired) electrons. The smallest absolute Gasteiger partial charge is 0.165 e. The van der Waals surface area contributed by atoms with Crippen LogP contribution in [0.5, 0.6) is 5.75 Å². The van der Waals surface area contributed by atoms with Crippen molar-refractivity contribution in [2.75, 3.05) is 21.2 Å². The van der Waals surface area contributed by atoms with Gasteiger partial charge in [-0.05, 0) is 45.1 Å². The molecule has 0 atom stereocenters. The van der Waals surface area contributed by atoms with Gasteiger partial charge in [0.15, 0.2) is 11.6 Å². The van der Waals surface area contributed by atoms with Crippen LogP contribution < -0.4 is 4.74 Å². The van der Waals surface area contributed by atoms with Crippen molar-refractivity contribution in [1.82, 2.24) is 9.47 Å². The summed E-state index contributed by atoms with van der Waals surface area (Å²) in [7, 11) is 5.75. The number of hydrogen-bond acceptors (Lipinski definition) is 2. The molecular weight excluding hydrogens is 243 g/mol. The molecule has 0 unspecified atom stereocenters. The van der Waals surface area contributed by atoms with Gasteiger partial charge in [-0.15, -0.1) is 0 Å². The average Bonchev–Trinajstić information content (AvgIpc) is 2.70. The Labute approximate surface area is 112 Å². The van der Waals surface area contributed by atoms with Gasteiger partial charge in [-0.2, -0.15) is 0 Å². The van der Waals surface area contributed by atoms with Crippen LogP contribution in [0.25, 0.3) is 10.9 Å². The molecule has 4 heteroatoms. The van der Waals surface area contributed by atoms with Gasteiger partial charge in [0, 0.05) is 23.7 Å². The summed E-state index contributed by atoms with van der Waals surface area (Å²) in [6, 6.07) is 6.45. The molecule has 0 bridgehead atoms. The molecule has 0 amide bonds. The fourth-order valence-corrected chi connectivity index (χ4v) is 2.92. The van der Waals surface area contributed by atoms with Crippen molar-refractivity contribution in [2.45, 2.75) is 24.9 Å². The first-order valence-corrected chi connectivity index (χ1v) is 6.61. The van der Waals surface area contributed by atoms with Gasteiger partial charge in [-0.3, -0.25) is 0 Å². The number of ether oxygens (including phenoxy) is 1. The molecule has 1 fully saturated rings. The fraction of sp³-hybridized carbons (Fsp3) is 0.467. The van der Waals surface area contributed by atoms with Crippen LogP contribution in [0.1, 0.15) is 18.9 Å². The maximum atomic E-state index is 13.7. The van der Waals surface area contributed by atoms with Gasteiger partial charge >= 0.3 is 0 Å². The van der Waals surface area contributed by atoms with Gasteiger partial charge in [-0.1, -0.05) is 0 Å². The second kappa shape index (κ2) is 4.53. The molecule has 102 valence electrons. The summed E-state index contributed by atoms with van der Waals surface area (Å²) in [4.78, 5) is 2.27. The lowest BCUT2D eigenvalue weighted by Crippen LogP contribution is -2.41. The van der Waals surface area contributed by atoms with Gasteiger partial charge in [0.1, 0.15) is 0 Å². The molecule has 1 saturated carbocycles. The first-order chi connectivity index (χ1) is 9.11. The minimum Gasteiger partial charge on any atom is -0.493 e. The van der Waals surface area contributed by atoms with E-state index in [4.69, 9.17) is 4.74 Å². The molecule has 0 saturated heterocycles. The van der Waals surface area contributed by atoms with E-state index in [1.54, 1.807) is 0 Å². The van der Waals surface area contributed by atoms with Gasteiger partial charge in [0.05, 0.1) is 12.6 Å². The highest BCUT2D eigenvalue weighted by Crippen LogP contribution is 2.39. The molecule has 1 aliphatic rings. The quantitative estimate of drug-likeness (QED) is 0.846. The normalized spacial score (nSPS) is 22.8. The number of nitrogens with zero attached hydrogens (tertiary/aromatic N) is 2. The zero-order chi connectivity index (χ0) is 13.6. The zero-order valence-corrected chi connectivity index (χ0v) is 11.6. The number of fused-ring (bicyclic) bond motifs is 1. The predicted molar refractivity (Wildman–Crippen MR) is 74.2 cm³/mol. The van der Waals surface area contributed by atoms with Crippen LogP contribution in [0.2, 0.25) is 0 Å². The topological polar surface area (TPSA) is 17.4 Å². The highest BCUT2D eigenvalue weighted by atomic mass is 19.1. The summed E-state index contributed by atoms with van der Waals surface area (Å²) < 4.78 is 21.1. The maximum Gasteiger partial charge on any atom is 0.165 e. The van der Waals surface area contributed by atoms with Crippen molar-refractivity contribution >= 4 is 10.9 Å². The van der Waals surface area contributed by atoms with Gasteiger partial charge < -0.3 is 14.2 Å². The Kier molecular flexibility index (Phi) is 2.97. The SMILES string of the molecule is COc1c(F)ccc2c1ccn2C1CC(N(C)C)C1. The summed E-state index contributed by atoms with van der Waals surface area (Å²) in [6.45, 7) is 0. The Morgan fingerprint density at radius 1 is 1.26 bits per heavy atom. The molecule has 2 aromatic rings. The Balaban J connectivity index is 1.95. The van der Waals surface area contributed by atoms with Crippen LogP contribution in [0, 0.1) is 5.82 Å². The summed E-state index contributed by atoms with van der Waals surface area (Å²) in [5.74, 6) is 0.0484. The van der Waals surface area contributed by atoms with Crippen molar-refractivity contribution in [3.05, 3.63) is 30.2 Å². The Bertz CT molecular complexity index is 599. The summed E-state index contributed by atoms with van der Waals surface area (Å²) in [5, 5.41) is 0.857. The Hall–Kier alpha value is -1.55. The van der Waals surface area contributed by atoms with Crippen molar-refractivity contribution in [2.24, 2.45) is 0 Å². The van der Waals surface area contributed by atoms with Gasteiger partial charge in [-0.25, -0.2) is 4.39 Å². The monoisotopic (exact) mass is 262 g/mol. The number of halogens is 1. The van der Waals surface area contributed by atoms with E-state index in [2.05, 4.69) is 23.6 Å². The summed E-state index contributed by atoms with van der Waals surface area (Å²) in [6.07, 6.45) is 4.34. The average molecular weight is 262 g/mol. The van der Waals surface area contributed by atoms with Crippen LogP contribution in [-0.2, 0) is 0 Å². The third-order valence-corrected chi connectivity index (χ3v) is 4.22. The molecule has 0 spiro atoms. The lowest BCUT2D eigenvalue weighted by Gasteiger charge is -2.40. The molecule has 1 aliphatic carbocycles. The molecule has 19 heavy (non-hydrogen) atoms. The molecule has 3 rings (SSSR count). The molecule has 1 aromatic carbocycles. The fourth-order valence-electron chi connectivity index (χ4n) is 2.92. The third kappa shape index (κ3) is 1.91. The second-order valence-corrected chi connectivity index (χ2v) is 5.48. The highest BCUT2D eigenvalue weighted by molar-refractivity contribution is 5.86. The largest absolute Gasteiger partial charge is 0.493 e. The lowest BCUT2D eigenvalue weighted by molar-refractivity contribution is 0.132. The highest BCUT2D eigenvalue weighted by Gasteiger charge is 2.32. The summed E-state index contributed by atoms with van der Waals surface area (Å²) in [5.41, 5.74) is 1.06. The van der Waals surface area contributed by atoms with Gasteiger partial charge in [0.25, 0.3) is 0 Å². The van der Waals surface area contributed by atoms with Crippen LogP contribution in [0.15, 0.2) is 24.4 Å². The number of aromatic nitrogens is 1. The van der Waals surface area contributed by atoms with E-state index in [9.17, 15) is 4.39 Å². The minimum absolute atomic E-state index is 0.299. The minimum atomic E-state index is -0.299. The van der Waals surface area contributed by atoms with Crippen molar-refractivity contribution in [3.8, 4) is 5.75 Å². The van der Waals surface area contributed by atoms with Crippen molar-refractivity contribution < 1.29 is 9.13 Å². The second-order valence-electron chi connectivity index (χ2n) is 5.48. The Morgan fingerprint density at radius 2 is 2.00 bits per heavy atom. The lowest BCUT2D eigenvalue weighted by atomic mass is 9.85.